The second kappa shape index (κ2) is 8.26. The van der Waals surface area contributed by atoms with Crippen molar-refractivity contribution in [3.05, 3.63) is 70.5 Å². The summed E-state index contributed by atoms with van der Waals surface area (Å²) in [5.41, 5.74) is -0.793. The first-order valence-corrected chi connectivity index (χ1v) is 11.2. The van der Waals surface area contributed by atoms with Gasteiger partial charge in [0.05, 0.1) is 0 Å². The van der Waals surface area contributed by atoms with E-state index in [2.05, 4.69) is 12.1 Å². The molecule has 1 fully saturated rings. The molecule has 0 aromatic heterocycles. The van der Waals surface area contributed by atoms with Gasteiger partial charge in [-0.05, 0) is 0 Å². The van der Waals surface area contributed by atoms with Gasteiger partial charge in [-0.1, -0.05) is 0 Å². The van der Waals surface area contributed by atoms with Gasteiger partial charge in [0.1, 0.15) is 0 Å². The van der Waals surface area contributed by atoms with Gasteiger partial charge < -0.3 is 0 Å². The Balaban J connectivity index is 1.92. The van der Waals surface area contributed by atoms with Gasteiger partial charge in [0.2, 0.25) is 0 Å². The predicted octanol–water partition coefficient (Wildman–Crippen LogP) is 3.36. The first-order chi connectivity index (χ1) is 11.7. The molecule has 0 amide bonds. The molecule has 1 unspecified atom stereocenters. The van der Waals surface area contributed by atoms with Crippen LogP contribution >= 0.6 is 0 Å². The van der Waals surface area contributed by atoms with E-state index >= 15 is 0 Å². The first-order valence-electron chi connectivity index (χ1n) is 8.31. The second-order valence-electron chi connectivity index (χ2n) is 6.10. The van der Waals surface area contributed by atoms with Crippen LogP contribution in [0.3, 0.4) is 0 Å². The van der Waals surface area contributed by atoms with Gasteiger partial charge in [-0.2, -0.15) is 0 Å². The zero-order valence-electron chi connectivity index (χ0n) is 13.6. The fourth-order valence-electron chi connectivity index (χ4n) is 2.95. The van der Waals surface area contributed by atoms with Crippen molar-refractivity contribution in [3.8, 4) is 0 Å². The Kier molecular flexibility index (Phi) is 6.07. The van der Waals surface area contributed by atoms with Crippen LogP contribution in [0.5, 0.6) is 0 Å². The molecular weight excluding hydrogens is 383 g/mol. The Morgan fingerprint density at radius 1 is 0.958 bits per heavy atom. The van der Waals surface area contributed by atoms with Crippen LogP contribution < -0.4 is 4.46 Å². The molecule has 0 heterocycles. The third kappa shape index (κ3) is 4.46. The number of rotatable bonds is 5. The van der Waals surface area contributed by atoms with Crippen LogP contribution in [0, 0.1) is 0 Å². The Labute approximate surface area is 152 Å². The normalized spacial score (nSPS) is 19.0. The molecule has 0 radical (unpaired) electrons. The Hall–Kier alpha value is -1.19. The molecule has 0 bridgehead atoms. The van der Waals surface area contributed by atoms with Crippen molar-refractivity contribution < 1.29 is 9.32 Å². The molecule has 1 aliphatic carbocycles. The van der Waals surface area contributed by atoms with Crippen LogP contribution in [0.4, 0.5) is 0 Å². The van der Waals surface area contributed by atoms with Crippen molar-refractivity contribution in [2.45, 2.75) is 42.6 Å². The molecular formula is C20H22O2SSe. The zero-order valence-corrected chi connectivity index (χ0v) is 16.1. The van der Waals surface area contributed by atoms with Crippen LogP contribution in [0.1, 0.15) is 32.1 Å². The van der Waals surface area contributed by atoms with E-state index in [4.69, 9.17) is 0 Å². The van der Waals surface area contributed by atoms with Gasteiger partial charge in [0, 0.05) is 0 Å². The number of hydrogen-bond donors (Lipinski definition) is 1. The quantitative estimate of drug-likeness (QED) is 0.775. The molecule has 4 heteroatoms. The van der Waals surface area contributed by atoms with Crippen molar-refractivity contribution in [1.82, 2.24) is 0 Å². The topological polar surface area (TPSA) is 37.3 Å². The minimum atomic E-state index is -1.22. The fraction of sp³-hybridized carbons (Fsp3) is 0.300. The van der Waals surface area contributed by atoms with E-state index in [0.717, 1.165) is 35.1 Å². The summed E-state index contributed by atoms with van der Waals surface area (Å²) in [7, 11) is -1.22. The summed E-state index contributed by atoms with van der Waals surface area (Å²) in [6.07, 6.45) is 4.81. The number of aliphatic hydroxyl groups is 1. The molecule has 1 atom stereocenters. The maximum absolute atomic E-state index is 12.8. The molecule has 0 aliphatic heterocycles. The summed E-state index contributed by atoms with van der Waals surface area (Å²) >= 11 is -0.0161. The fourth-order valence-corrected chi connectivity index (χ4v) is 6.80. The van der Waals surface area contributed by atoms with E-state index in [1.807, 2.05) is 53.9 Å². The van der Waals surface area contributed by atoms with E-state index in [-0.39, 0.29) is 15.0 Å². The van der Waals surface area contributed by atoms with Crippen molar-refractivity contribution in [3.63, 3.8) is 0 Å². The second-order valence-corrected chi connectivity index (χ2v) is 9.74. The van der Waals surface area contributed by atoms with Crippen LogP contribution in [0.2, 0.25) is 0 Å². The summed E-state index contributed by atoms with van der Waals surface area (Å²) in [6.45, 7) is 0. The SMILES string of the molecule is O=S(/C=C(/[Se]c1ccccc1)C1(O)CCCCC1)c1ccccc1. The minimum absolute atomic E-state index is 0.0161. The Morgan fingerprint density at radius 3 is 2.17 bits per heavy atom. The van der Waals surface area contributed by atoms with Crippen molar-refractivity contribution >= 4 is 30.2 Å². The summed E-state index contributed by atoms with van der Waals surface area (Å²) in [6, 6.07) is 19.7. The maximum atomic E-state index is 12.8. The van der Waals surface area contributed by atoms with Gasteiger partial charge >= 0.3 is 153 Å². The summed E-state index contributed by atoms with van der Waals surface area (Å²) in [5, 5.41) is 13.0. The zero-order chi connectivity index (χ0) is 16.8. The van der Waals surface area contributed by atoms with Crippen LogP contribution in [-0.4, -0.2) is 29.9 Å². The molecule has 1 saturated carbocycles. The van der Waals surface area contributed by atoms with Gasteiger partial charge in [-0.15, -0.1) is 0 Å². The summed E-state index contributed by atoms with van der Waals surface area (Å²) in [5.74, 6) is 0. The predicted molar refractivity (Wildman–Crippen MR) is 101 cm³/mol. The Bertz CT molecular complexity index is 707. The summed E-state index contributed by atoms with van der Waals surface area (Å²) < 4.78 is 14.9. The molecule has 0 spiro atoms. The van der Waals surface area contributed by atoms with E-state index in [1.54, 1.807) is 0 Å². The molecule has 2 aromatic rings. The number of hydrogen-bond acceptors (Lipinski definition) is 2. The number of benzene rings is 2. The van der Waals surface area contributed by atoms with Gasteiger partial charge in [0.25, 0.3) is 0 Å². The average molecular weight is 405 g/mol. The van der Waals surface area contributed by atoms with E-state index in [9.17, 15) is 9.32 Å². The van der Waals surface area contributed by atoms with Gasteiger partial charge in [-0.3, -0.25) is 0 Å². The van der Waals surface area contributed by atoms with E-state index < -0.39 is 16.4 Å². The van der Waals surface area contributed by atoms with E-state index in [1.165, 1.54) is 10.9 Å². The van der Waals surface area contributed by atoms with Crippen LogP contribution in [-0.2, 0) is 10.8 Å². The molecule has 3 rings (SSSR count). The monoisotopic (exact) mass is 406 g/mol. The van der Waals surface area contributed by atoms with Crippen LogP contribution in [0.25, 0.3) is 0 Å². The van der Waals surface area contributed by atoms with Gasteiger partial charge in [0.15, 0.2) is 0 Å². The van der Waals surface area contributed by atoms with Crippen molar-refractivity contribution in [2.24, 2.45) is 0 Å². The third-order valence-corrected chi connectivity index (χ3v) is 8.39. The third-order valence-electron chi connectivity index (χ3n) is 4.30. The Morgan fingerprint density at radius 2 is 1.54 bits per heavy atom. The average Bonchev–Trinajstić information content (AvgIpc) is 2.63. The van der Waals surface area contributed by atoms with Crippen LogP contribution in [0.15, 0.2) is 75.4 Å². The first kappa shape index (κ1) is 17.6. The van der Waals surface area contributed by atoms with Crippen molar-refractivity contribution in [2.75, 3.05) is 0 Å². The molecule has 1 N–H and O–H groups in total. The van der Waals surface area contributed by atoms with Crippen molar-refractivity contribution in [1.29, 1.82) is 0 Å². The molecule has 0 saturated heterocycles. The molecule has 126 valence electrons. The van der Waals surface area contributed by atoms with E-state index in [0.29, 0.717) is 0 Å². The summed E-state index contributed by atoms with van der Waals surface area (Å²) in [4.78, 5) is 0.790. The molecule has 1 aliphatic rings. The molecule has 2 nitrogen and oxygen atoms in total. The molecule has 24 heavy (non-hydrogen) atoms. The molecule has 2 aromatic carbocycles. The van der Waals surface area contributed by atoms with Gasteiger partial charge in [-0.25, -0.2) is 0 Å². The standard InChI is InChI=1S/C20H22O2SSe/c21-20(14-8-3-9-15-20)19(24-18-12-6-2-7-13-18)16-23(22)17-10-4-1-5-11-17/h1-2,4-7,10-13,16,21H,3,8-9,14-15H2/b19-16+.